The molecule has 0 aromatic carbocycles. The first-order valence-electron chi connectivity index (χ1n) is 14.0. The Balaban J connectivity index is 2.95. The maximum absolute atomic E-state index is 12.1. The second-order valence-corrected chi connectivity index (χ2v) is 24.5. The van der Waals surface area contributed by atoms with Crippen LogP contribution in [0.2, 0.25) is 36.3 Å². The van der Waals surface area contributed by atoms with Gasteiger partial charge in [-0.15, -0.1) is 11.3 Å². The number of carbonyl (C=O) groups is 1. The fourth-order valence-electron chi connectivity index (χ4n) is 3.47. The number of thiazole rings is 1. The summed E-state index contributed by atoms with van der Waals surface area (Å²) in [6.07, 6.45) is 6.68. The zero-order valence-electron chi connectivity index (χ0n) is 26.4. The minimum Gasteiger partial charge on any atom is -0.478 e. The highest BCUT2D eigenvalue weighted by Gasteiger charge is 2.39. The van der Waals surface area contributed by atoms with E-state index in [9.17, 15) is 9.90 Å². The Bertz CT molecular complexity index is 968. The Morgan fingerprint density at radius 3 is 2.16 bits per heavy atom. The molecule has 0 fully saturated rings. The summed E-state index contributed by atoms with van der Waals surface area (Å²) in [6, 6.07) is 0. The summed E-state index contributed by atoms with van der Waals surface area (Å²) in [7, 11) is -3.83. The van der Waals surface area contributed by atoms with Crippen LogP contribution in [0.4, 0.5) is 0 Å². The van der Waals surface area contributed by atoms with Crippen LogP contribution in [0.1, 0.15) is 91.8 Å². The molecule has 1 aromatic rings. The number of rotatable bonds is 14. The smallest absolute Gasteiger partial charge is 0.331 e. The van der Waals surface area contributed by atoms with Gasteiger partial charge in [0.25, 0.3) is 0 Å². The first-order valence-corrected chi connectivity index (χ1v) is 20.7. The molecule has 0 aliphatic rings. The lowest BCUT2D eigenvalue weighted by Gasteiger charge is -2.39. The number of nitrogens with zero attached hydrogens (tertiary/aromatic N) is 1. The minimum atomic E-state index is -2.07. The third-order valence-corrected chi connectivity index (χ3v) is 18.1. The van der Waals surface area contributed by atoms with Crippen molar-refractivity contribution in [3.63, 3.8) is 0 Å². The molecule has 0 amide bonds. The molecule has 2 atom stereocenters. The third kappa shape index (κ3) is 11.2. The van der Waals surface area contributed by atoms with Crippen LogP contribution >= 0.6 is 11.3 Å². The zero-order valence-corrected chi connectivity index (χ0v) is 29.3. The maximum atomic E-state index is 12.1. The van der Waals surface area contributed by atoms with Crippen molar-refractivity contribution >= 4 is 40.0 Å². The molecule has 1 heterocycles. The molecule has 0 aliphatic carbocycles. The molecule has 0 bridgehead atoms. The van der Waals surface area contributed by atoms with Crippen LogP contribution in [-0.4, -0.2) is 45.4 Å². The summed E-state index contributed by atoms with van der Waals surface area (Å²) in [5.74, 6) is -0.432. The second-order valence-electron chi connectivity index (χ2n) is 13.9. The number of hydrogen-bond acceptors (Lipinski definition) is 5. The second kappa shape index (κ2) is 14.0. The average Bonchev–Trinajstić information content (AvgIpc) is 3.16. The van der Waals surface area contributed by atoms with Crippen LogP contribution in [0.25, 0.3) is 6.08 Å². The van der Waals surface area contributed by atoms with Gasteiger partial charge in [-0.1, -0.05) is 54.5 Å². The molecular formula is C30H55NO4SSi2. The van der Waals surface area contributed by atoms with E-state index < -0.39 is 22.6 Å². The van der Waals surface area contributed by atoms with Crippen LogP contribution in [0, 0.1) is 12.8 Å². The highest BCUT2D eigenvalue weighted by molar-refractivity contribution is 7.09. The van der Waals surface area contributed by atoms with E-state index in [-0.39, 0.29) is 16.2 Å². The lowest BCUT2D eigenvalue weighted by atomic mass is 9.99. The van der Waals surface area contributed by atoms with Crippen LogP contribution in [0.15, 0.2) is 22.6 Å². The van der Waals surface area contributed by atoms with Gasteiger partial charge in [-0.3, -0.25) is 0 Å². The molecule has 0 saturated heterocycles. The van der Waals surface area contributed by atoms with Crippen molar-refractivity contribution in [1.29, 1.82) is 0 Å². The summed E-state index contributed by atoms with van der Waals surface area (Å²) in [5.41, 5.74) is 2.49. The topological polar surface area (TPSA) is 68.7 Å². The van der Waals surface area contributed by atoms with E-state index in [2.05, 4.69) is 98.0 Å². The monoisotopic (exact) mass is 581 g/mol. The lowest BCUT2D eigenvalue weighted by Crippen LogP contribution is -2.44. The van der Waals surface area contributed by atoms with Gasteiger partial charge in [-0.2, -0.15) is 0 Å². The van der Waals surface area contributed by atoms with E-state index in [4.69, 9.17) is 8.85 Å². The van der Waals surface area contributed by atoms with Gasteiger partial charge in [0.15, 0.2) is 16.6 Å². The lowest BCUT2D eigenvalue weighted by molar-refractivity contribution is -0.132. The molecule has 1 rings (SSSR count). The molecule has 0 aliphatic heterocycles. The minimum absolute atomic E-state index is 0.0602. The quantitative estimate of drug-likeness (QED) is 0.175. The summed E-state index contributed by atoms with van der Waals surface area (Å²) in [4.78, 5) is 16.7. The fourth-order valence-corrected chi connectivity index (χ4v) is 6.52. The zero-order chi connectivity index (χ0) is 29.5. The molecule has 0 spiro atoms. The van der Waals surface area contributed by atoms with Crippen molar-refractivity contribution in [1.82, 2.24) is 4.98 Å². The van der Waals surface area contributed by atoms with Gasteiger partial charge in [0, 0.05) is 17.6 Å². The SMILES string of the molecule is C/C(=C\c1csc(C)n1)[C@H](C/C=C(\CCC[C@H](C)CO[Si](C)(C)C(C)(C)C)C(=O)O)O[Si](C)(C)C(C)(C)C. The first kappa shape index (κ1) is 35.0. The van der Waals surface area contributed by atoms with Crippen LogP contribution in [-0.2, 0) is 13.6 Å². The Hall–Kier alpha value is -1.07. The number of carboxylic acids is 1. The molecule has 0 unspecified atom stereocenters. The molecule has 0 saturated carbocycles. The normalized spacial score (nSPS) is 16.0. The van der Waals surface area contributed by atoms with Gasteiger partial charge in [0.05, 0.1) is 16.8 Å². The van der Waals surface area contributed by atoms with Crippen molar-refractivity contribution in [2.24, 2.45) is 5.92 Å². The summed E-state index contributed by atoms with van der Waals surface area (Å²) < 4.78 is 13.2. The molecule has 1 aromatic heterocycles. The number of aryl methyl sites for hydroxylation is 1. The van der Waals surface area contributed by atoms with Crippen molar-refractivity contribution in [3.05, 3.63) is 33.3 Å². The molecule has 8 heteroatoms. The first-order chi connectivity index (χ1) is 17.2. The van der Waals surface area contributed by atoms with Gasteiger partial charge < -0.3 is 14.0 Å². The van der Waals surface area contributed by atoms with Gasteiger partial charge in [-0.25, -0.2) is 9.78 Å². The summed E-state index contributed by atoms with van der Waals surface area (Å²) >= 11 is 1.63. The Morgan fingerprint density at radius 1 is 1.11 bits per heavy atom. The Morgan fingerprint density at radius 2 is 1.68 bits per heavy atom. The summed E-state index contributed by atoms with van der Waals surface area (Å²) in [6.45, 7) is 29.5. The summed E-state index contributed by atoms with van der Waals surface area (Å²) in [5, 5.41) is 13.3. The highest BCUT2D eigenvalue weighted by atomic mass is 32.1. The molecule has 0 radical (unpaired) electrons. The number of aromatic nitrogens is 1. The molecule has 5 nitrogen and oxygen atoms in total. The van der Waals surface area contributed by atoms with E-state index in [1.165, 1.54) is 0 Å². The van der Waals surface area contributed by atoms with Crippen LogP contribution < -0.4 is 0 Å². The predicted molar refractivity (Wildman–Crippen MR) is 169 cm³/mol. The van der Waals surface area contributed by atoms with E-state index in [0.717, 1.165) is 35.7 Å². The van der Waals surface area contributed by atoms with Crippen LogP contribution in [0.3, 0.4) is 0 Å². The Kier molecular flexibility index (Phi) is 12.9. The van der Waals surface area contributed by atoms with Crippen molar-refractivity contribution in [2.45, 2.75) is 130 Å². The molecule has 218 valence electrons. The van der Waals surface area contributed by atoms with E-state index in [1.54, 1.807) is 11.3 Å². The Labute approximate surface area is 239 Å². The van der Waals surface area contributed by atoms with Gasteiger partial charge >= 0.3 is 5.97 Å². The number of carboxylic acid groups (broad SMARTS) is 1. The van der Waals surface area contributed by atoms with Gasteiger partial charge in [-0.05, 0) is 93.4 Å². The largest absolute Gasteiger partial charge is 0.478 e. The standard InChI is InChI=1S/C30H55NO4SSi2/c1-22(20-34-37(10,11)29(4,5)6)15-14-16-25(28(32)33)17-18-27(35-38(12,13)30(7,8)9)23(2)19-26-21-36-24(3)31-26/h17,19,21-22,27H,14-16,18,20H2,1-13H3,(H,32,33)/b23-19+,25-17+/t22-,27-/m0/s1. The third-order valence-electron chi connectivity index (χ3n) is 8.29. The molecular weight excluding hydrogens is 527 g/mol. The molecule has 1 N–H and O–H groups in total. The van der Waals surface area contributed by atoms with E-state index in [1.807, 2.05) is 13.0 Å². The number of aliphatic carboxylic acids is 1. The predicted octanol–water partition coefficient (Wildman–Crippen LogP) is 9.47. The van der Waals surface area contributed by atoms with Crippen molar-refractivity contribution in [2.75, 3.05) is 6.61 Å². The van der Waals surface area contributed by atoms with Crippen LogP contribution in [0.5, 0.6) is 0 Å². The van der Waals surface area contributed by atoms with Gasteiger partial charge in [0.2, 0.25) is 0 Å². The van der Waals surface area contributed by atoms with Gasteiger partial charge in [0.1, 0.15) is 0 Å². The average molecular weight is 582 g/mol. The van der Waals surface area contributed by atoms with Crippen molar-refractivity contribution in [3.8, 4) is 0 Å². The maximum Gasteiger partial charge on any atom is 0.331 e. The highest BCUT2D eigenvalue weighted by Crippen LogP contribution is 2.39. The number of hydrogen-bond donors (Lipinski definition) is 1. The fraction of sp³-hybridized carbons (Fsp3) is 0.733. The van der Waals surface area contributed by atoms with E-state index >= 15 is 0 Å². The van der Waals surface area contributed by atoms with Crippen molar-refractivity contribution < 1.29 is 18.8 Å². The van der Waals surface area contributed by atoms with E-state index in [0.29, 0.717) is 24.3 Å². The molecule has 38 heavy (non-hydrogen) atoms.